The van der Waals surface area contributed by atoms with Crippen molar-refractivity contribution in [2.75, 3.05) is 18.4 Å². The van der Waals surface area contributed by atoms with Crippen LogP contribution in [0.25, 0.3) is 0 Å². The van der Waals surface area contributed by atoms with E-state index in [0.29, 0.717) is 10.6 Å². The zero-order valence-electron chi connectivity index (χ0n) is 13.0. The van der Waals surface area contributed by atoms with E-state index in [9.17, 15) is 22.8 Å². The van der Waals surface area contributed by atoms with Crippen molar-refractivity contribution in [3.63, 3.8) is 0 Å². The Bertz CT molecular complexity index is 566. The Kier molecular flexibility index (Phi) is 6.36. The molecule has 0 bridgehead atoms. The fourth-order valence-corrected chi connectivity index (χ4v) is 1.76. The minimum Gasteiger partial charge on any atom is -0.326 e. The maximum Gasteiger partial charge on any atom is 0.406 e. The van der Waals surface area contributed by atoms with Crippen molar-refractivity contribution in [3.05, 3.63) is 42.5 Å². The summed E-state index contributed by atoms with van der Waals surface area (Å²) in [7, 11) is 0. The molecular weight excluding hydrogens is 309 g/mol. The molecule has 0 aliphatic heterocycles. The average molecular weight is 328 g/mol. The van der Waals surface area contributed by atoms with Gasteiger partial charge in [0.1, 0.15) is 6.54 Å². The number of hydrogen-bond acceptors (Lipinski definition) is 2. The number of hydrogen-bond donors (Lipinski definition) is 1. The van der Waals surface area contributed by atoms with E-state index in [-0.39, 0.29) is 23.9 Å². The van der Waals surface area contributed by atoms with Gasteiger partial charge in [-0.15, -0.1) is 6.58 Å². The molecule has 0 aliphatic rings. The van der Waals surface area contributed by atoms with Gasteiger partial charge in [-0.3, -0.25) is 9.59 Å². The lowest BCUT2D eigenvalue weighted by Gasteiger charge is -2.22. The summed E-state index contributed by atoms with van der Waals surface area (Å²) in [6, 6.07) is 5.72. The molecule has 1 N–H and O–H groups in total. The maximum atomic E-state index is 12.5. The molecule has 1 aromatic carbocycles. The average Bonchev–Trinajstić information content (AvgIpc) is 2.45. The fraction of sp³-hybridized carbons (Fsp3) is 0.375. The number of carbonyl (C=O) groups is 2. The van der Waals surface area contributed by atoms with E-state index in [2.05, 4.69) is 11.9 Å². The van der Waals surface area contributed by atoms with Gasteiger partial charge in [-0.1, -0.05) is 19.9 Å². The predicted octanol–water partition coefficient (Wildman–Crippen LogP) is 3.47. The molecule has 0 spiro atoms. The summed E-state index contributed by atoms with van der Waals surface area (Å²) in [5.41, 5.74) is 0.588. The third kappa shape index (κ3) is 6.14. The minimum atomic E-state index is -4.48. The first kappa shape index (κ1) is 18.7. The summed E-state index contributed by atoms with van der Waals surface area (Å²) in [4.78, 5) is 24.4. The van der Waals surface area contributed by atoms with Crippen molar-refractivity contribution in [2.24, 2.45) is 5.92 Å². The second-order valence-corrected chi connectivity index (χ2v) is 5.31. The van der Waals surface area contributed by atoms with E-state index in [1.165, 1.54) is 30.3 Å². The molecule has 1 aromatic rings. The number of carbonyl (C=O) groups excluding carboxylic acids is 2. The van der Waals surface area contributed by atoms with Gasteiger partial charge in [-0.2, -0.15) is 13.2 Å². The molecule has 126 valence electrons. The Morgan fingerprint density at radius 3 is 2.26 bits per heavy atom. The van der Waals surface area contributed by atoms with E-state index < -0.39 is 18.6 Å². The topological polar surface area (TPSA) is 49.4 Å². The molecule has 4 nitrogen and oxygen atoms in total. The Balaban J connectivity index is 2.86. The van der Waals surface area contributed by atoms with E-state index in [1.807, 2.05) is 0 Å². The fourth-order valence-electron chi connectivity index (χ4n) is 1.76. The van der Waals surface area contributed by atoms with Crippen molar-refractivity contribution in [3.8, 4) is 0 Å². The predicted molar refractivity (Wildman–Crippen MR) is 82.1 cm³/mol. The lowest BCUT2D eigenvalue weighted by atomic mass is 10.1. The molecule has 0 saturated heterocycles. The zero-order valence-corrected chi connectivity index (χ0v) is 13.0. The Hall–Kier alpha value is -2.31. The van der Waals surface area contributed by atoms with Gasteiger partial charge in [0, 0.05) is 23.7 Å². The SMILES string of the molecule is C=CCN(CC(F)(F)F)C(=O)c1ccc(NC(=O)C(C)C)cc1. The van der Waals surface area contributed by atoms with Crippen LogP contribution >= 0.6 is 0 Å². The standard InChI is InChI=1S/C16H19F3N2O2/c1-4-9-21(10-16(17,18)19)15(23)12-5-7-13(8-6-12)20-14(22)11(2)3/h4-8,11H,1,9-10H2,2-3H3,(H,20,22). The molecule has 23 heavy (non-hydrogen) atoms. The number of rotatable bonds is 6. The van der Waals surface area contributed by atoms with Crippen LogP contribution in [0, 0.1) is 5.92 Å². The molecule has 0 saturated carbocycles. The summed E-state index contributed by atoms with van der Waals surface area (Å²) in [6.45, 7) is 5.28. The largest absolute Gasteiger partial charge is 0.406 e. The monoisotopic (exact) mass is 328 g/mol. The van der Waals surface area contributed by atoms with Gasteiger partial charge in [0.05, 0.1) is 0 Å². The molecule has 0 unspecified atom stereocenters. The number of alkyl halides is 3. The second-order valence-electron chi connectivity index (χ2n) is 5.31. The summed E-state index contributed by atoms with van der Waals surface area (Å²) >= 11 is 0. The van der Waals surface area contributed by atoms with Crippen LogP contribution in [0.3, 0.4) is 0 Å². The summed E-state index contributed by atoms with van der Waals surface area (Å²) in [6.07, 6.45) is -3.25. The van der Waals surface area contributed by atoms with Crippen molar-refractivity contribution in [1.82, 2.24) is 4.90 Å². The highest BCUT2D eigenvalue weighted by Gasteiger charge is 2.32. The number of anilines is 1. The van der Waals surface area contributed by atoms with Crippen LogP contribution in [0.15, 0.2) is 36.9 Å². The van der Waals surface area contributed by atoms with Crippen LogP contribution in [0.4, 0.5) is 18.9 Å². The first-order chi connectivity index (χ1) is 10.6. The van der Waals surface area contributed by atoms with E-state index in [4.69, 9.17) is 0 Å². The van der Waals surface area contributed by atoms with Crippen LogP contribution in [-0.2, 0) is 4.79 Å². The third-order valence-electron chi connectivity index (χ3n) is 2.93. The summed E-state index contributed by atoms with van der Waals surface area (Å²) < 4.78 is 37.5. The van der Waals surface area contributed by atoms with Gasteiger partial charge in [-0.05, 0) is 24.3 Å². The van der Waals surface area contributed by atoms with Crippen LogP contribution in [0.2, 0.25) is 0 Å². The molecule has 1 rings (SSSR count). The highest BCUT2D eigenvalue weighted by atomic mass is 19.4. The van der Waals surface area contributed by atoms with Crippen molar-refractivity contribution in [2.45, 2.75) is 20.0 Å². The number of halogens is 3. The molecule has 7 heteroatoms. The molecule has 0 fully saturated rings. The first-order valence-corrected chi connectivity index (χ1v) is 7.02. The van der Waals surface area contributed by atoms with Gasteiger partial charge in [-0.25, -0.2) is 0 Å². The number of nitrogens with zero attached hydrogens (tertiary/aromatic N) is 1. The van der Waals surface area contributed by atoms with Gasteiger partial charge in [0.15, 0.2) is 0 Å². The highest BCUT2D eigenvalue weighted by Crippen LogP contribution is 2.19. The molecular formula is C16H19F3N2O2. The van der Waals surface area contributed by atoms with Crippen molar-refractivity contribution >= 4 is 17.5 Å². The van der Waals surface area contributed by atoms with Gasteiger partial charge >= 0.3 is 6.18 Å². The highest BCUT2D eigenvalue weighted by molar-refractivity contribution is 5.96. The molecule has 0 heterocycles. The minimum absolute atomic E-state index is 0.110. The number of benzene rings is 1. The lowest BCUT2D eigenvalue weighted by molar-refractivity contribution is -0.139. The van der Waals surface area contributed by atoms with Gasteiger partial charge < -0.3 is 10.2 Å². The van der Waals surface area contributed by atoms with E-state index in [0.717, 1.165) is 0 Å². The first-order valence-electron chi connectivity index (χ1n) is 7.02. The van der Waals surface area contributed by atoms with E-state index >= 15 is 0 Å². The molecule has 0 radical (unpaired) electrons. The normalized spacial score (nSPS) is 11.2. The molecule has 0 atom stereocenters. The van der Waals surface area contributed by atoms with Crippen LogP contribution in [0.5, 0.6) is 0 Å². The molecule has 0 aromatic heterocycles. The Morgan fingerprint density at radius 2 is 1.83 bits per heavy atom. The Morgan fingerprint density at radius 1 is 1.26 bits per heavy atom. The number of nitrogens with one attached hydrogen (secondary N) is 1. The smallest absolute Gasteiger partial charge is 0.326 e. The van der Waals surface area contributed by atoms with Gasteiger partial charge in [0.2, 0.25) is 5.91 Å². The van der Waals surface area contributed by atoms with Crippen molar-refractivity contribution in [1.29, 1.82) is 0 Å². The summed E-state index contributed by atoms with van der Waals surface area (Å²) in [5.74, 6) is -1.13. The van der Waals surface area contributed by atoms with Gasteiger partial charge in [0.25, 0.3) is 5.91 Å². The maximum absolute atomic E-state index is 12.5. The third-order valence-corrected chi connectivity index (χ3v) is 2.93. The van der Waals surface area contributed by atoms with Crippen LogP contribution in [0.1, 0.15) is 24.2 Å². The molecule has 0 aliphatic carbocycles. The Labute approximate surface area is 133 Å². The van der Waals surface area contributed by atoms with E-state index in [1.54, 1.807) is 13.8 Å². The quantitative estimate of drug-likeness (QED) is 0.813. The number of amides is 2. The summed E-state index contributed by atoms with van der Waals surface area (Å²) in [5, 5.41) is 2.64. The zero-order chi connectivity index (χ0) is 17.6. The van der Waals surface area contributed by atoms with Crippen LogP contribution < -0.4 is 5.32 Å². The van der Waals surface area contributed by atoms with Crippen LogP contribution in [-0.4, -0.2) is 36.0 Å². The second kappa shape index (κ2) is 7.80. The lowest BCUT2D eigenvalue weighted by Crippen LogP contribution is -2.39. The molecule has 2 amide bonds. The van der Waals surface area contributed by atoms with Crippen molar-refractivity contribution < 1.29 is 22.8 Å².